The predicted octanol–water partition coefficient (Wildman–Crippen LogP) is 1.32. The molecule has 0 saturated heterocycles. The number of hydrogen-bond acceptors (Lipinski definition) is 5. The maximum atomic E-state index is 11.4. The third-order valence-electron chi connectivity index (χ3n) is 2.79. The first kappa shape index (κ1) is 13.7. The number of likely N-dealkylation sites (N-methyl/N-ethyl adjacent to an activating group) is 1. The van der Waals surface area contributed by atoms with Crippen LogP contribution in [-0.4, -0.2) is 50.3 Å². The van der Waals surface area contributed by atoms with Gasteiger partial charge < -0.3 is 14.2 Å². The molecular formula is C14H19NO4. The van der Waals surface area contributed by atoms with E-state index in [0.29, 0.717) is 19.8 Å². The topological polar surface area (TPSA) is 48.0 Å². The Kier molecular flexibility index (Phi) is 4.63. The van der Waals surface area contributed by atoms with Gasteiger partial charge in [0.1, 0.15) is 12.7 Å². The molecule has 0 amide bonds. The molecule has 0 N–H and O–H groups in total. The van der Waals surface area contributed by atoms with E-state index in [1.54, 1.807) is 6.92 Å². The summed E-state index contributed by atoms with van der Waals surface area (Å²) in [6, 6.07) is 7.59. The molecule has 1 aromatic carbocycles. The molecule has 5 nitrogen and oxygen atoms in total. The van der Waals surface area contributed by atoms with Crippen LogP contribution in [0.5, 0.6) is 11.5 Å². The first-order valence-corrected chi connectivity index (χ1v) is 6.41. The van der Waals surface area contributed by atoms with Gasteiger partial charge in [-0.05, 0) is 26.1 Å². The molecule has 104 valence electrons. The molecule has 1 aliphatic rings. The van der Waals surface area contributed by atoms with E-state index in [0.717, 1.165) is 11.5 Å². The van der Waals surface area contributed by atoms with E-state index in [2.05, 4.69) is 0 Å². The Bertz CT molecular complexity index is 435. The number of benzene rings is 1. The number of rotatable bonds is 5. The Labute approximate surface area is 113 Å². The number of carbonyl (C=O) groups excluding carboxylic acids is 1. The van der Waals surface area contributed by atoms with Crippen LogP contribution in [-0.2, 0) is 9.53 Å². The lowest BCUT2D eigenvalue weighted by atomic mass is 10.2. The third kappa shape index (κ3) is 3.86. The quantitative estimate of drug-likeness (QED) is 0.751. The molecule has 0 aliphatic carbocycles. The Hall–Kier alpha value is -1.75. The highest BCUT2D eigenvalue weighted by molar-refractivity contribution is 5.71. The lowest BCUT2D eigenvalue weighted by Crippen LogP contribution is -2.41. The zero-order chi connectivity index (χ0) is 13.7. The zero-order valence-electron chi connectivity index (χ0n) is 11.3. The fourth-order valence-corrected chi connectivity index (χ4v) is 1.99. The van der Waals surface area contributed by atoms with Gasteiger partial charge in [-0.3, -0.25) is 9.69 Å². The second-order valence-corrected chi connectivity index (χ2v) is 4.50. The van der Waals surface area contributed by atoms with Crippen molar-refractivity contribution >= 4 is 5.97 Å². The summed E-state index contributed by atoms with van der Waals surface area (Å²) in [5, 5.41) is 0. The monoisotopic (exact) mass is 265 g/mol. The Morgan fingerprint density at radius 1 is 1.42 bits per heavy atom. The van der Waals surface area contributed by atoms with Crippen LogP contribution in [0.1, 0.15) is 6.92 Å². The minimum atomic E-state index is -0.220. The standard InChI is InChI=1S/C14H19NO4/c1-3-17-14(16)9-15(2)8-11-10-18-12-6-4-5-7-13(12)19-11/h4-7,11H,3,8-10H2,1-2H3. The van der Waals surface area contributed by atoms with Gasteiger partial charge in [0.05, 0.1) is 13.2 Å². The van der Waals surface area contributed by atoms with Gasteiger partial charge in [-0.1, -0.05) is 12.1 Å². The fourth-order valence-electron chi connectivity index (χ4n) is 1.99. The van der Waals surface area contributed by atoms with Gasteiger partial charge in [-0.25, -0.2) is 0 Å². The third-order valence-corrected chi connectivity index (χ3v) is 2.79. The summed E-state index contributed by atoms with van der Waals surface area (Å²) in [5.74, 6) is 1.30. The summed E-state index contributed by atoms with van der Waals surface area (Å²) in [6.07, 6.45) is -0.0747. The highest BCUT2D eigenvalue weighted by Crippen LogP contribution is 2.30. The van der Waals surface area contributed by atoms with Crippen molar-refractivity contribution in [2.24, 2.45) is 0 Å². The van der Waals surface area contributed by atoms with Crippen molar-refractivity contribution in [3.63, 3.8) is 0 Å². The number of hydrogen-bond donors (Lipinski definition) is 0. The maximum Gasteiger partial charge on any atom is 0.320 e. The minimum absolute atomic E-state index is 0.0747. The molecule has 1 atom stereocenters. The summed E-state index contributed by atoms with van der Waals surface area (Å²) in [7, 11) is 1.86. The van der Waals surface area contributed by atoms with Crippen LogP contribution in [0.15, 0.2) is 24.3 Å². The molecule has 0 fully saturated rings. The minimum Gasteiger partial charge on any atom is -0.486 e. The lowest BCUT2D eigenvalue weighted by Gasteiger charge is -2.29. The lowest BCUT2D eigenvalue weighted by molar-refractivity contribution is -0.144. The fraction of sp³-hybridized carbons (Fsp3) is 0.500. The number of carbonyl (C=O) groups is 1. The molecule has 19 heavy (non-hydrogen) atoms. The first-order valence-electron chi connectivity index (χ1n) is 6.41. The van der Waals surface area contributed by atoms with Gasteiger partial charge in [0, 0.05) is 6.54 Å². The van der Waals surface area contributed by atoms with Crippen molar-refractivity contribution < 1.29 is 19.0 Å². The molecule has 0 saturated carbocycles. The molecule has 1 aliphatic heterocycles. The summed E-state index contributed by atoms with van der Waals surface area (Å²) in [4.78, 5) is 13.2. The van der Waals surface area contributed by atoms with Crippen LogP contribution in [0.25, 0.3) is 0 Å². The smallest absolute Gasteiger partial charge is 0.320 e. The first-order chi connectivity index (χ1) is 9.19. The van der Waals surface area contributed by atoms with Crippen LogP contribution in [0.3, 0.4) is 0 Å². The van der Waals surface area contributed by atoms with E-state index in [-0.39, 0.29) is 18.6 Å². The summed E-state index contributed by atoms with van der Waals surface area (Å²) in [6.45, 7) is 3.57. The second kappa shape index (κ2) is 6.43. The van der Waals surface area contributed by atoms with Crippen LogP contribution < -0.4 is 9.47 Å². The van der Waals surface area contributed by atoms with E-state index in [1.807, 2.05) is 36.2 Å². The number of ether oxygens (including phenoxy) is 3. The number of para-hydroxylation sites is 2. The SMILES string of the molecule is CCOC(=O)CN(C)CC1COc2ccccc2O1. The predicted molar refractivity (Wildman–Crippen MR) is 70.5 cm³/mol. The summed E-state index contributed by atoms with van der Waals surface area (Å²) < 4.78 is 16.4. The van der Waals surface area contributed by atoms with Crippen LogP contribution in [0.2, 0.25) is 0 Å². The van der Waals surface area contributed by atoms with Crippen LogP contribution in [0, 0.1) is 0 Å². The van der Waals surface area contributed by atoms with Gasteiger partial charge in [0.25, 0.3) is 0 Å². The molecule has 2 rings (SSSR count). The normalized spacial score (nSPS) is 17.3. The van der Waals surface area contributed by atoms with E-state index in [4.69, 9.17) is 14.2 Å². The van der Waals surface area contributed by atoms with E-state index in [1.165, 1.54) is 0 Å². The van der Waals surface area contributed by atoms with Gasteiger partial charge in [0.15, 0.2) is 11.5 Å². The van der Waals surface area contributed by atoms with Crippen molar-refractivity contribution in [2.45, 2.75) is 13.0 Å². The van der Waals surface area contributed by atoms with Gasteiger partial charge in [-0.2, -0.15) is 0 Å². The van der Waals surface area contributed by atoms with Crippen molar-refractivity contribution in [2.75, 3.05) is 33.4 Å². The second-order valence-electron chi connectivity index (χ2n) is 4.50. The van der Waals surface area contributed by atoms with E-state index < -0.39 is 0 Å². The Morgan fingerprint density at radius 3 is 2.89 bits per heavy atom. The number of esters is 1. The zero-order valence-corrected chi connectivity index (χ0v) is 11.3. The highest BCUT2D eigenvalue weighted by atomic mass is 16.6. The molecule has 0 radical (unpaired) electrons. The van der Waals surface area contributed by atoms with Gasteiger partial charge >= 0.3 is 5.97 Å². The average molecular weight is 265 g/mol. The Balaban J connectivity index is 1.83. The maximum absolute atomic E-state index is 11.4. The average Bonchev–Trinajstić information content (AvgIpc) is 2.38. The van der Waals surface area contributed by atoms with Crippen molar-refractivity contribution in [1.29, 1.82) is 0 Å². The van der Waals surface area contributed by atoms with Gasteiger partial charge in [0.2, 0.25) is 0 Å². The summed E-state index contributed by atoms with van der Waals surface area (Å²) in [5.41, 5.74) is 0. The number of fused-ring (bicyclic) bond motifs is 1. The van der Waals surface area contributed by atoms with Crippen LogP contribution >= 0.6 is 0 Å². The van der Waals surface area contributed by atoms with E-state index in [9.17, 15) is 4.79 Å². The largest absolute Gasteiger partial charge is 0.486 e. The van der Waals surface area contributed by atoms with Crippen molar-refractivity contribution in [1.82, 2.24) is 4.90 Å². The molecular weight excluding hydrogens is 246 g/mol. The molecule has 1 aromatic rings. The molecule has 5 heteroatoms. The molecule has 0 spiro atoms. The molecule has 0 bridgehead atoms. The van der Waals surface area contributed by atoms with Crippen LogP contribution in [0.4, 0.5) is 0 Å². The highest BCUT2D eigenvalue weighted by Gasteiger charge is 2.22. The summed E-state index contributed by atoms with van der Waals surface area (Å²) >= 11 is 0. The molecule has 0 aromatic heterocycles. The van der Waals surface area contributed by atoms with Crippen molar-refractivity contribution in [3.05, 3.63) is 24.3 Å². The Morgan fingerprint density at radius 2 is 2.16 bits per heavy atom. The van der Waals surface area contributed by atoms with E-state index >= 15 is 0 Å². The van der Waals surface area contributed by atoms with Crippen molar-refractivity contribution in [3.8, 4) is 11.5 Å². The van der Waals surface area contributed by atoms with Gasteiger partial charge in [-0.15, -0.1) is 0 Å². The number of nitrogens with zero attached hydrogens (tertiary/aromatic N) is 1. The molecule has 1 heterocycles. The molecule has 1 unspecified atom stereocenters.